The van der Waals surface area contributed by atoms with Gasteiger partial charge in [0.2, 0.25) is 5.91 Å². The Hall–Kier alpha value is -3.38. The van der Waals surface area contributed by atoms with Crippen LogP contribution in [0.2, 0.25) is 5.02 Å². The number of aromatic nitrogens is 1. The molecule has 6 nitrogen and oxygen atoms in total. The topological polar surface area (TPSA) is 83.1 Å². The van der Waals surface area contributed by atoms with Crippen LogP contribution in [0.15, 0.2) is 66.9 Å². The summed E-state index contributed by atoms with van der Waals surface area (Å²) >= 11 is 6.13. The van der Waals surface area contributed by atoms with E-state index >= 15 is 0 Å². The molecule has 0 saturated carbocycles. The monoisotopic (exact) mass is 380 g/mol. The maximum absolute atomic E-state index is 12.5. The average molecular weight is 381 g/mol. The molecule has 0 spiro atoms. The van der Waals surface area contributed by atoms with Crippen molar-refractivity contribution < 1.29 is 9.59 Å². The van der Waals surface area contributed by atoms with Crippen molar-refractivity contribution in [3.05, 3.63) is 77.4 Å². The van der Waals surface area contributed by atoms with Gasteiger partial charge in [-0.3, -0.25) is 9.59 Å². The minimum Gasteiger partial charge on any atom is -0.339 e. The van der Waals surface area contributed by atoms with Crippen molar-refractivity contribution in [2.24, 2.45) is 0 Å². The molecule has 0 radical (unpaired) electrons. The molecule has 0 saturated heterocycles. The lowest BCUT2D eigenvalue weighted by Gasteiger charge is -2.10. The lowest BCUT2D eigenvalue weighted by molar-refractivity contribution is -0.114. The molecule has 0 aliphatic carbocycles. The Balaban J connectivity index is 1.70. The first kappa shape index (κ1) is 18.4. The fourth-order valence-electron chi connectivity index (χ4n) is 2.38. The molecule has 0 unspecified atom stereocenters. The van der Waals surface area contributed by atoms with Gasteiger partial charge in [-0.05, 0) is 48.5 Å². The van der Waals surface area contributed by atoms with E-state index < -0.39 is 0 Å². The van der Waals surface area contributed by atoms with Crippen molar-refractivity contribution >= 4 is 46.3 Å². The second kappa shape index (κ2) is 8.33. The molecule has 27 heavy (non-hydrogen) atoms. The number of hydrogen-bond donors (Lipinski definition) is 3. The van der Waals surface area contributed by atoms with Crippen LogP contribution >= 0.6 is 11.6 Å². The number of carbonyl (C=O) groups excluding carboxylic acids is 2. The summed E-state index contributed by atoms with van der Waals surface area (Å²) in [4.78, 5) is 27.7. The Labute approximate surface area is 161 Å². The number of amides is 2. The number of pyridine rings is 1. The standard InChI is InChI=1S/C20H17ClN4O2/c1-13(26)23-15-6-8-16(9-7-15)24-20(27)14-10-11-22-19(12-14)25-18-5-3-2-4-17(18)21/h2-12H,1H3,(H,22,25)(H,23,26)(H,24,27). The van der Waals surface area contributed by atoms with Gasteiger partial charge in [-0.2, -0.15) is 0 Å². The molecule has 2 amide bonds. The van der Waals surface area contributed by atoms with E-state index in [1.54, 1.807) is 48.7 Å². The molecule has 0 fully saturated rings. The molecule has 1 aromatic heterocycles. The highest BCUT2D eigenvalue weighted by Crippen LogP contribution is 2.24. The van der Waals surface area contributed by atoms with Crippen LogP contribution in [0.5, 0.6) is 0 Å². The van der Waals surface area contributed by atoms with Crippen LogP contribution in [0.1, 0.15) is 17.3 Å². The summed E-state index contributed by atoms with van der Waals surface area (Å²) in [6, 6.07) is 17.4. The zero-order valence-corrected chi connectivity index (χ0v) is 15.2. The van der Waals surface area contributed by atoms with Crippen molar-refractivity contribution in [2.75, 3.05) is 16.0 Å². The second-order valence-corrected chi connectivity index (χ2v) is 6.15. The Morgan fingerprint density at radius 1 is 0.926 bits per heavy atom. The molecule has 0 bridgehead atoms. The predicted octanol–water partition coefficient (Wildman–Crippen LogP) is 4.69. The number of carbonyl (C=O) groups is 2. The van der Waals surface area contributed by atoms with Gasteiger partial charge >= 0.3 is 0 Å². The van der Waals surface area contributed by atoms with Crippen LogP contribution in [0.4, 0.5) is 22.9 Å². The fraction of sp³-hybridized carbons (Fsp3) is 0.0500. The zero-order chi connectivity index (χ0) is 19.2. The smallest absolute Gasteiger partial charge is 0.255 e. The molecule has 7 heteroatoms. The van der Waals surface area contributed by atoms with E-state index in [9.17, 15) is 9.59 Å². The average Bonchev–Trinajstić information content (AvgIpc) is 2.65. The van der Waals surface area contributed by atoms with Crippen LogP contribution in [-0.2, 0) is 4.79 Å². The van der Waals surface area contributed by atoms with Crippen molar-refractivity contribution in [3.63, 3.8) is 0 Å². The van der Waals surface area contributed by atoms with E-state index in [4.69, 9.17) is 11.6 Å². The number of hydrogen-bond acceptors (Lipinski definition) is 4. The van der Waals surface area contributed by atoms with Crippen molar-refractivity contribution in [1.82, 2.24) is 4.98 Å². The highest BCUT2D eigenvalue weighted by atomic mass is 35.5. The van der Waals surface area contributed by atoms with Crippen LogP contribution in [0.25, 0.3) is 0 Å². The van der Waals surface area contributed by atoms with Crippen LogP contribution in [0, 0.1) is 0 Å². The van der Waals surface area contributed by atoms with E-state index in [0.717, 1.165) is 0 Å². The number of para-hydroxylation sites is 1. The van der Waals surface area contributed by atoms with Crippen molar-refractivity contribution in [1.29, 1.82) is 0 Å². The number of halogens is 1. The van der Waals surface area contributed by atoms with E-state index in [0.29, 0.717) is 33.5 Å². The van der Waals surface area contributed by atoms with Gasteiger partial charge in [-0.1, -0.05) is 23.7 Å². The van der Waals surface area contributed by atoms with Crippen LogP contribution in [-0.4, -0.2) is 16.8 Å². The molecular formula is C20H17ClN4O2. The first-order valence-electron chi connectivity index (χ1n) is 8.18. The van der Waals surface area contributed by atoms with E-state index in [2.05, 4.69) is 20.9 Å². The summed E-state index contributed by atoms with van der Waals surface area (Å²) in [5.41, 5.74) is 2.44. The second-order valence-electron chi connectivity index (χ2n) is 5.75. The van der Waals surface area contributed by atoms with Gasteiger partial charge in [0.05, 0.1) is 10.7 Å². The molecule has 3 N–H and O–H groups in total. The summed E-state index contributed by atoms with van der Waals surface area (Å²) in [7, 11) is 0. The fourth-order valence-corrected chi connectivity index (χ4v) is 2.57. The summed E-state index contributed by atoms with van der Waals surface area (Å²) < 4.78 is 0. The first-order chi connectivity index (χ1) is 13.0. The molecule has 136 valence electrons. The zero-order valence-electron chi connectivity index (χ0n) is 14.5. The van der Waals surface area contributed by atoms with Gasteiger partial charge < -0.3 is 16.0 Å². The van der Waals surface area contributed by atoms with Gasteiger partial charge in [0.25, 0.3) is 5.91 Å². The Morgan fingerprint density at radius 3 is 2.26 bits per heavy atom. The maximum Gasteiger partial charge on any atom is 0.255 e. The van der Waals surface area contributed by atoms with Gasteiger partial charge in [0.15, 0.2) is 0 Å². The van der Waals surface area contributed by atoms with E-state index in [1.165, 1.54) is 6.92 Å². The first-order valence-corrected chi connectivity index (χ1v) is 8.56. The lowest BCUT2D eigenvalue weighted by Crippen LogP contribution is -2.12. The normalized spacial score (nSPS) is 10.1. The molecule has 3 aromatic rings. The Morgan fingerprint density at radius 2 is 1.59 bits per heavy atom. The number of nitrogens with one attached hydrogen (secondary N) is 3. The quantitative estimate of drug-likeness (QED) is 0.599. The van der Waals surface area contributed by atoms with Crippen LogP contribution < -0.4 is 16.0 Å². The Kier molecular flexibility index (Phi) is 5.68. The molecule has 2 aromatic carbocycles. The van der Waals surface area contributed by atoms with Gasteiger partial charge in [0.1, 0.15) is 5.82 Å². The summed E-state index contributed by atoms with van der Waals surface area (Å²) in [5, 5.41) is 9.14. The summed E-state index contributed by atoms with van der Waals surface area (Å²) in [6.07, 6.45) is 1.55. The van der Waals surface area contributed by atoms with E-state index in [-0.39, 0.29) is 11.8 Å². The van der Waals surface area contributed by atoms with Gasteiger partial charge in [0, 0.05) is 30.1 Å². The van der Waals surface area contributed by atoms with Crippen LogP contribution in [0.3, 0.4) is 0 Å². The molecule has 0 atom stereocenters. The molecular weight excluding hydrogens is 364 g/mol. The highest BCUT2D eigenvalue weighted by molar-refractivity contribution is 6.33. The summed E-state index contributed by atoms with van der Waals surface area (Å²) in [6.45, 7) is 1.44. The molecule has 0 aliphatic heterocycles. The Bertz CT molecular complexity index is 974. The molecule has 0 aliphatic rings. The minimum atomic E-state index is -0.271. The number of rotatable bonds is 5. The molecule has 1 heterocycles. The minimum absolute atomic E-state index is 0.151. The lowest BCUT2D eigenvalue weighted by atomic mass is 10.2. The van der Waals surface area contributed by atoms with E-state index in [1.807, 2.05) is 18.2 Å². The maximum atomic E-state index is 12.5. The van der Waals surface area contributed by atoms with Crippen molar-refractivity contribution in [2.45, 2.75) is 6.92 Å². The molecule has 3 rings (SSSR count). The van der Waals surface area contributed by atoms with Gasteiger partial charge in [-0.15, -0.1) is 0 Å². The third-order valence-corrected chi connectivity index (χ3v) is 3.95. The SMILES string of the molecule is CC(=O)Nc1ccc(NC(=O)c2ccnc(Nc3ccccc3Cl)c2)cc1. The highest BCUT2D eigenvalue weighted by Gasteiger charge is 2.09. The van der Waals surface area contributed by atoms with Gasteiger partial charge in [-0.25, -0.2) is 4.98 Å². The summed E-state index contributed by atoms with van der Waals surface area (Å²) in [5.74, 6) is 0.0887. The largest absolute Gasteiger partial charge is 0.339 e. The third kappa shape index (κ3) is 5.05. The van der Waals surface area contributed by atoms with Crippen molar-refractivity contribution in [3.8, 4) is 0 Å². The predicted molar refractivity (Wildman–Crippen MR) is 108 cm³/mol. The third-order valence-electron chi connectivity index (χ3n) is 3.62. The number of anilines is 4. The number of nitrogens with zero attached hydrogens (tertiary/aromatic N) is 1. The number of benzene rings is 2.